The molecule has 2 N–H and O–H groups in total. The van der Waals surface area contributed by atoms with Gasteiger partial charge in [-0.2, -0.15) is 0 Å². The molecule has 2 rings (SSSR count). The SMILES string of the molecule is CC(O[OH2+])(c1ccccc1)c1ccccn1. The van der Waals surface area contributed by atoms with Crippen LogP contribution in [-0.2, 0) is 10.5 Å². The van der Waals surface area contributed by atoms with Gasteiger partial charge in [-0.3, -0.25) is 10.2 Å². The summed E-state index contributed by atoms with van der Waals surface area (Å²) in [5.41, 5.74) is 0.836. The summed E-state index contributed by atoms with van der Waals surface area (Å²) >= 11 is 0. The lowest BCUT2D eigenvalue weighted by Crippen LogP contribution is -2.27. The predicted octanol–water partition coefficient (Wildman–Crippen LogP) is 2.00. The maximum absolute atomic E-state index is 7.29. The Morgan fingerprint density at radius 3 is 2.31 bits per heavy atom. The number of hydrogen-bond acceptors (Lipinski definition) is 2. The number of aromatic nitrogens is 1. The molecule has 16 heavy (non-hydrogen) atoms. The van der Waals surface area contributed by atoms with Crippen LogP contribution in [0.1, 0.15) is 18.2 Å². The monoisotopic (exact) mass is 216 g/mol. The van der Waals surface area contributed by atoms with Crippen LogP contribution >= 0.6 is 0 Å². The van der Waals surface area contributed by atoms with Crippen molar-refractivity contribution in [2.45, 2.75) is 12.5 Å². The molecule has 0 fully saturated rings. The van der Waals surface area contributed by atoms with Crippen LogP contribution in [0.25, 0.3) is 0 Å². The van der Waals surface area contributed by atoms with Crippen LogP contribution in [0.4, 0.5) is 0 Å². The molecule has 3 nitrogen and oxygen atoms in total. The smallest absolute Gasteiger partial charge is 0.212 e. The molecule has 0 radical (unpaired) electrons. The second-order valence-electron chi connectivity index (χ2n) is 3.72. The molecule has 0 saturated heterocycles. The zero-order valence-electron chi connectivity index (χ0n) is 9.05. The molecule has 1 unspecified atom stereocenters. The first kappa shape index (κ1) is 10.8. The summed E-state index contributed by atoms with van der Waals surface area (Å²) < 4.78 is 0. The van der Waals surface area contributed by atoms with Gasteiger partial charge in [0.25, 0.3) is 0 Å². The van der Waals surface area contributed by atoms with E-state index in [1.165, 1.54) is 0 Å². The summed E-state index contributed by atoms with van der Waals surface area (Å²) in [6, 6.07) is 15.3. The van der Waals surface area contributed by atoms with Crippen molar-refractivity contribution >= 4 is 0 Å². The molecule has 0 aliphatic heterocycles. The van der Waals surface area contributed by atoms with Crippen LogP contribution in [0.3, 0.4) is 0 Å². The third kappa shape index (κ3) is 1.83. The third-order valence-corrected chi connectivity index (χ3v) is 2.68. The fraction of sp³-hybridized carbons (Fsp3) is 0.154. The van der Waals surface area contributed by atoms with Gasteiger partial charge >= 0.3 is 0 Å². The molecular weight excluding hydrogens is 202 g/mol. The minimum absolute atomic E-state index is 0.733. The normalized spacial score (nSPS) is 14.4. The van der Waals surface area contributed by atoms with Gasteiger partial charge in [-0.1, -0.05) is 41.3 Å². The number of benzene rings is 1. The molecule has 1 heterocycles. The van der Waals surface area contributed by atoms with Crippen molar-refractivity contribution in [3.63, 3.8) is 0 Å². The van der Waals surface area contributed by atoms with Crippen LogP contribution in [0, 0.1) is 0 Å². The first-order chi connectivity index (χ1) is 7.77. The van der Waals surface area contributed by atoms with Crippen LogP contribution in [0.15, 0.2) is 54.7 Å². The van der Waals surface area contributed by atoms with Crippen molar-refractivity contribution in [1.29, 1.82) is 0 Å². The maximum atomic E-state index is 7.29. The molecule has 0 saturated carbocycles. The van der Waals surface area contributed by atoms with Crippen LogP contribution < -0.4 is 0 Å². The quantitative estimate of drug-likeness (QED) is 0.447. The molecule has 82 valence electrons. The maximum Gasteiger partial charge on any atom is 0.212 e. The highest BCUT2D eigenvalue weighted by Gasteiger charge is 2.34. The molecule has 1 aromatic heterocycles. The number of hydrogen-bond donors (Lipinski definition) is 0. The Balaban J connectivity index is 2.49. The summed E-state index contributed by atoms with van der Waals surface area (Å²) in [6.45, 7) is 1.84. The van der Waals surface area contributed by atoms with Crippen molar-refractivity contribution in [1.82, 2.24) is 4.98 Å². The molecule has 2 aromatic rings. The van der Waals surface area contributed by atoms with Gasteiger partial charge in [-0.05, 0) is 24.6 Å². The highest BCUT2D eigenvalue weighted by Crippen LogP contribution is 2.30. The molecule has 3 heteroatoms. The summed E-state index contributed by atoms with van der Waals surface area (Å²) in [5, 5.41) is 7.29. The van der Waals surface area contributed by atoms with Gasteiger partial charge in [-0.25, -0.2) is 0 Å². The molecule has 1 atom stereocenters. The lowest BCUT2D eigenvalue weighted by molar-refractivity contribution is -0.311. The Bertz CT molecular complexity index is 403. The largest absolute Gasteiger partial charge is 0.259 e. The Kier molecular flexibility index (Phi) is 2.99. The van der Waals surface area contributed by atoms with Crippen molar-refractivity contribution in [3.05, 3.63) is 66.0 Å². The molecule has 0 amide bonds. The van der Waals surface area contributed by atoms with E-state index in [-0.39, 0.29) is 0 Å². The minimum atomic E-state index is -0.817. The predicted molar refractivity (Wildman–Crippen MR) is 61.8 cm³/mol. The van der Waals surface area contributed by atoms with E-state index in [1.54, 1.807) is 6.20 Å². The average molecular weight is 216 g/mol. The number of nitrogens with zero attached hydrogens (tertiary/aromatic N) is 1. The van der Waals surface area contributed by atoms with Crippen LogP contribution in [0.2, 0.25) is 0 Å². The third-order valence-electron chi connectivity index (χ3n) is 2.68. The molecule has 0 bridgehead atoms. The lowest BCUT2D eigenvalue weighted by Gasteiger charge is -2.22. The first-order valence-corrected chi connectivity index (χ1v) is 5.09. The van der Waals surface area contributed by atoms with E-state index in [0.29, 0.717) is 0 Å². The zero-order valence-corrected chi connectivity index (χ0v) is 9.05. The van der Waals surface area contributed by atoms with Crippen molar-refractivity contribution in [3.8, 4) is 0 Å². The minimum Gasteiger partial charge on any atom is -0.259 e. The lowest BCUT2D eigenvalue weighted by atomic mass is 9.92. The Hall–Kier alpha value is -1.71. The Morgan fingerprint density at radius 2 is 1.75 bits per heavy atom. The van der Waals surface area contributed by atoms with Gasteiger partial charge in [-0.15, -0.1) is 0 Å². The van der Waals surface area contributed by atoms with Gasteiger partial charge < -0.3 is 0 Å². The van der Waals surface area contributed by atoms with E-state index in [2.05, 4.69) is 4.98 Å². The highest BCUT2D eigenvalue weighted by atomic mass is 17.1. The highest BCUT2D eigenvalue weighted by molar-refractivity contribution is 5.31. The number of rotatable bonds is 3. The Morgan fingerprint density at radius 1 is 1.06 bits per heavy atom. The molecular formula is C13H14NO2+. The average Bonchev–Trinajstić information content (AvgIpc) is 2.40. The van der Waals surface area contributed by atoms with Gasteiger partial charge in [0.15, 0.2) is 0 Å². The number of pyridine rings is 1. The fourth-order valence-electron chi connectivity index (χ4n) is 1.66. The second kappa shape index (κ2) is 4.43. The zero-order chi connectivity index (χ0) is 11.4. The van der Waals surface area contributed by atoms with Gasteiger partial charge in [0, 0.05) is 6.20 Å². The Labute approximate surface area is 94.3 Å². The van der Waals surface area contributed by atoms with Gasteiger partial charge in [0.05, 0.1) is 5.69 Å². The molecule has 0 spiro atoms. The van der Waals surface area contributed by atoms with Crippen molar-refractivity contribution in [2.24, 2.45) is 0 Å². The first-order valence-electron chi connectivity index (χ1n) is 5.09. The van der Waals surface area contributed by atoms with Crippen molar-refractivity contribution in [2.75, 3.05) is 0 Å². The summed E-state index contributed by atoms with van der Waals surface area (Å²) in [7, 11) is 0. The fourth-order valence-corrected chi connectivity index (χ4v) is 1.66. The van der Waals surface area contributed by atoms with Crippen LogP contribution in [0.5, 0.6) is 0 Å². The topological polar surface area (TPSA) is 45.0 Å². The van der Waals surface area contributed by atoms with E-state index in [4.69, 9.17) is 10.1 Å². The molecule has 1 aromatic carbocycles. The van der Waals surface area contributed by atoms with Gasteiger partial charge in [0.1, 0.15) is 0 Å². The molecule has 0 aliphatic rings. The van der Waals surface area contributed by atoms with E-state index in [1.807, 2.05) is 55.5 Å². The van der Waals surface area contributed by atoms with Gasteiger partial charge in [0.2, 0.25) is 5.60 Å². The summed E-state index contributed by atoms with van der Waals surface area (Å²) in [4.78, 5) is 9.15. The second-order valence-corrected chi connectivity index (χ2v) is 3.72. The summed E-state index contributed by atoms with van der Waals surface area (Å²) in [5.74, 6) is 0. The van der Waals surface area contributed by atoms with E-state index in [9.17, 15) is 0 Å². The van der Waals surface area contributed by atoms with Crippen LogP contribution in [-0.4, -0.2) is 10.2 Å². The van der Waals surface area contributed by atoms with E-state index < -0.39 is 5.60 Å². The van der Waals surface area contributed by atoms with Crippen molar-refractivity contribution < 1.29 is 10.1 Å². The van der Waals surface area contributed by atoms with E-state index in [0.717, 1.165) is 11.3 Å². The molecule has 0 aliphatic carbocycles. The summed E-state index contributed by atoms with van der Waals surface area (Å²) in [6.07, 6.45) is 1.70. The standard InChI is InChI=1S/C13H13NO2/c1-13(16-15,11-7-3-2-4-8-11)12-9-5-6-10-14-12/h2-10,15H,1H3/p+1. The van der Waals surface area contributed by atoms with E-state index >= 15 is 0 Å².